The molecule has 0 bridgehead atoms. The summed E-state index contributed by atoms with van der Waals surface area (Å²) in [6, 6.07) is 9.07. The molecule has 26 heavy (non-hydrogen) atoms. The highest BCUT2D eigenvalue weighted by molar-refractivity contribution is 5.79. The Labute approximate surface area is 150 Å². The predicted molar refractivity (Wildman–Crippen MR) is 95.9 cm³/mol. The van der Waals surface area contributed by atoms with E-state index >= 15 is 0 Å². The largest absolute Gasteiger partial charge is 0.420 e. The first-order valence-electron chi connectivity index (χ1n) is 8.69. The number of likely N-dealkylation sites (tertiary alicyclic amines) is 1. The predicted octanol–water partition coefficient (Wildman–Crippen LogP) is 2.02. The van der Waals surface area contributed by atoms with Gasteiger partial charge in [0.25, 0.3) is 0 Å². The Hall–Kier alpha value is -2.96. The van der Waals surface area contributed by atoms with E-state index in [-0.39, 0.29) is 18.4 Å². The summed E-state index contributed by atoms with van der Waals surface area (Å²) < 4.78 is 6.58. The first kappa shape index (κ1) is 16.5. The third kappa shape index (κ3) is 3.00. The molecule has 1 aliphatic heterocycles. The number of nitrogens with zero attached hydrogens (tertiary/aromatic N) is 4. The number of aryl methyl sites for hydroxylation is 2. The molecule has 0 spiro atoms. The molecule has 0 saturated carbocycles. The third-order valence-corrected chi connectivity index (χ3v) is 4.77. The van der Waals surface area contributed by atoms with Crippen LogP contribution in [0.3, 0.4) is 0 Å². The summed E-state index contributed by atoms with van der Waals surface area (Å²) in [5.74, 6) is 0.331. The molecule has 7 heteroatoms. The molecule has 1 aliphatic rings. The Kier molecular flexibility index (Phi) is 4.06. The van der Waals surface area contributed by atoms with Crippen LogP contribution in [-0.4, -0.2) is 38.4 Å². The maximum atomic E-state index is 12.7. The van der Waals surface area contributed by atoms with E-state index in [1.807, 2.05) is 26.0 Å². The van der Waals surface area contributed by atoms with Crippen LogP contribution >= 0.6 is 0 Å². The van der Waals surface area contributed by atoms with Crippen LogP contribution in [0.15, 0.2) is 39.5 Å². The SMILES string of the molecule is Cc1cc(C)nc([C@@H]2CCN(C(=O)Cn3c(=O)oc4ccccc43)C2)n1. The number of carbonyl (C=O) groups is 1. The molecule has 2 aromatic heterocycles. The lowest BCUT2D eigenvalue weighted by Crippen LogP contribution is -2.34. The first-order valence-corrected chi connectivity index (χ1v) is 8.69. The van der Waals surface area contributed by atoms with E-state index in [0.29, 0.717) is 24.2 Å². The zero-order valence-electron chi connectivity index (χ0n) is 14.8. The number of aromatic nitrogens is 3. The van der Waals surface area contributed by atoms with Gasteiger partial charge in [-0.25, -0.2) is 14.8 Å². The maximum absolute atomic E-state index is 12.7. The number of hydrogen-bond donors (Lipinski definition) is 0. The summed E-state index contributed by atoms with van der Waals surface area (Å²) in [6.07, 6.45) is 0.829. The molecule has 3 heterocycles. The summed E-state index contributed by atoms with van der Waals surface area (Å²) in [4.78, 5) is 35.6. The summed E-state index contributed by atoms with van der Waals surface area (Å²) in [7, 11) is 0. The van der Waals surface area contributed by atoms with Gasteiger partial charge in [0, 0.05) is 30.4 Å². The molecular weight excluding hydrogens is 332 g/mol. The molecule has 0 N–H and O–H groups in total. The fraction of sp³-hybridized carbons (Fsp3) is 0.368. The maximum Gasteiger partial charge on any atom is 0.420 e. The van der Waals surface area contributed by atoms with Crippen LogP contribution in [-0.2, 0) is 11.3 Å². The van der Waals surface area contributed by atoms with Crippen LogP contribution in [0.4, 0.5) is 0 Å². The minimum absolute atomic E-state index is 0.0176. The molecule has 1 saturated heterocycles. The van der Waals surface area contributed by atoms with Crippen molar-refractivity contribution in [1.29, 1.82) is 0 Å². The van der Waals surface area contributed by atoms with Crippen LogP contribution in [0.25, 0.3) is 11.1 Å². The molecule has 3 aromatic rings. The Morgan fingerprint density at radius 2 is 1.96 bits per heavy atom. The van der Waals surface area contributed by atoms with Gasteiger partial charge < -0.3 is 9.32 Å². The lowest BCUT2D eigenvalue weighted by Gasteiger charge is -2.16. The van der Waals surface area contributed by atoms with Crippen LogP contribution in [0, 0.1) is 13.8 Å². The summed E-state index contributed by atoms with van der Waals surface area (Å²) in [5.41, 5.74) is 3.01. The highest BCUT2D eigenvalue weighted by Gasteiger charge is 2.30. The van der Waals surface area contributed by atoms with Crippen molar-refractivity contribution in [3.8, 4) is 0 Å². The second-order valence-electron chi connectivity index (χ2n) is 6.76. The monoisotopic (exact) mass is 352 g/mol. The standard InChI is InChI=1S/C19H20N4O3/c1-12-9-13(2)21-18(20-12)14-7-8-22(10-14)17(24)11-23-15-5-3-4-6-16(15)26-19(23)25/h3-6,9,14H,7-8,10-11H2,1-2H3/t14-/m1/s1. The lowest BCUT2D eigenvalue weighted by atomic mass is 10.1. The van der Waals surface area contributed by atoms with E-state index in [0.717, 1.165) is 23.6 Å². The Balaban J connectivity index is 1.51. The number of amides is 1. The molecule has 134 valence electrons. The summed E-state index contributed by atoms with van der Waals surface area (Å²) in [5, 5.41) is 0. The van der Waals surface area contributed by atoms with Gasteiger partial charge in [-0.2, -0.15) is 0 Å². The molecule has 0 aliphatic carbocycles. The fourth-order valence-corrected chi connectivity index (χ4v) is 3.53. The van der Waals surface area contributed by atoms with Gasteiger partial charge in [-0.1, -0.05) is 12.1 Å². The quantitative estimate of drug-likeness (QED) is 0.720. The number of carbonyl (C=O) groups excluding carboxylic acids is 1. The molecule has 0 radical (unpaired) electrons. The van der Waals surface area contributed by atoms with Crippen LogP contribution in [0.5, 0.6) is 0 Å². The van der Waals surface area contributed by atoms with Crippen molar-refractivity contribution in [2.24, 2.45) is 0 Å². The number of benzene rings is 1. The van der Waals surface area contributed by atoms with E-state index < -0.39 is 5.76 Å². The van der Waals surface area contributed by atoms with E-state index in [1.54, 1.807) is 23.1 Å². The lowest BCUT2D eigenvalue weighted by molar-refractivity contribution is -0.130. The molecule has 1 atom stereocenters. The second-order valence-corrected chi connectivity index (χ2v) is 6.76. The number of fused-ring (bicyclic) bond motifs is 1. The number of hydrogen-bond acceptors (Lipinski definition) is 5. The van der Waals surface area contributed by atoms with Crippen molar-refractivity contribution >= 4 is 17.0 Å². The van der Waals surface area contributed by atoms with Gasteiger partial charge in [0.05, 0.1) is 5.52 Å². The van der Waals surface area contributed by atoms with Gasteiger partial charge in [-0.05, 0) is 38.5 Å². The van der Waals surface area contributed by atoms with Crippen molar-refractivity contribution in [1.82, 2.24) is 19.4 Å². The van der Waals surface area contributed by atoms with Crippen LogP contribution in [0.1, 0.15) is 29.6 Å². The topological polar surface area (TPSA) is 81.2 Å². The van der Waals surface area contributed by atoms with Gasteiger partial charge in [0.2, 0.25) is 5.91 Å². The van der Waals surface area contributed by atoms with E-state index in [4.69, 9.17) is 4.42 Å². The molecule has 4 rings (SSSR count). The summed E-state index contributed by atoms with van der Waals surface area (Å²) >= 11 is 0. The molecule has 0 unspecified atom stereocenters. The van der Waals surface area contributed by atoms with Crippen molar-refractivity contribution in [3.63, 3.8) is 0 Å². The Morgan fingerprint density at radius 1 is 1.23 bits per heavy atom. The Morgan fingerprint density at radius 3 is 2.73 bits per heavy atom. The van der Waals surface area contributed by atoms with Crippen LogP contribution in [0.2, 0.25) is 0 Å². The van der Waals surface area contributed by atoms with Crippen LogP contribution < -0.4 is 5.76 Å². The van der Waals surface area contributed by atoms with E-state index in [2.05, 4.69) is 9.97 Å². The second kappa shape index (κ2) is 6.40. The van der Waals surface area contributed by atoms with Gasteiger partial charge in [-0.3, -0.25) is 9.36 Å². The number of oxazole rings is 1. The zero-order valence-corrected chi connectivity index (χ0v) is 14.8. The van der Waals surface area contributed by atoms with E-state index in [9.17, 15) is 9.59 Å². The smallest absolute Gasteiger partial charge is 0.408 e. The fourth-order valence-electron chi connectivity index (χ4n) is 3.53. The Bertz CT molecular complexity index is 1020. The van der Waals surface area contributed by atoms with Gasteiger partial charge in [0.1, 0.15) is 12.4 Å². The first-order chi connectivity index (χ1) is 12.5. The minimum Gasteiger partial charge on any atom is -0.408 e. The molecule has 1 amide bonds. The zero-order chi connectivity index (χ0) is 18.3. The van der Waals surface area contributed by atoms with Crippen molar-refractivity contribution in [2.45, 2.75) is 32.7 Å². The average Bonchev–Trinajstić information content (AvgIpc) is 3.20. The van der Waals surface area contributed by atoms with Crippen molar-refractivity contribution < 1.29 is 9.21 Å². The minimum atomic E-state index is -0.507. The van der Waals surface area contributed by atoms with E-state index in [1.165, 1.54) is 4.57 Å². The normalized spacial score (nSPS) is 17.2. The number of para-hydroxylation sites is 2. The number of rotatable bonds is 3. The molecule has 1 fully saturated rings. The highest BCUT2D eigenvalue weighted by Crippen LogP contribution is 2.25. The van der Waals surface area contributed by atoms with Crippen molar-refractivity contribution in [2.75, 3.05) is 13.1 Å². The molecular formula is C19H20N4O3. The molecule has 1 aromatic carbocycles. The van der Waals surface area contributed by atoms with Gasteiger partial charge in [0.15, 0.2) is 5.58 Å². The average molecular weight is 352 g/mol. The van der Waals surface area contributed by atoms with Crippen molar-refractivity contribution in [3.05, 3.63) is 58.1 Å². The van der Waals surface area contributed by atoms with Gasteiger partial charge >= 0.3 is 5.76 Å². The summed E-state index contributed by atoms with van der Waals surface area (Å²) in [6.45, 7) is 5.10. The third-order valence-electron chi connectivity index (χ3n) is 4.77. The molecule has 7 nitrogen and oxygen atoms in total. The highest BCUT2D eigenvalue weighted by atomic mass is 16.4. The van der Waals surface area contributed by atoms with Gasteiger partial charge in [-0.15, -0.1) is 0 Å².